The highest BCUT2D eigenvalue weighted by Crippen LogP contribution is 2.31. The molecule has 0 bridgehead atoms. The molecule has 128 valence electrons. The van der Waals surface area contributed by atoms with E-state index in [-0.39, 0.29) is 10.3 Å². The topological polar surface area (TPSA) is 113 Å². The number of nitrogens with two attached hydrogens (primary N) is 2. The van der Waals surface area contributed by atoms with Gasteiger partial charge >= 0.3 is 0 Å². The Morgan fingerprint density at radius 2 is 1.32 bits per heavy atom. The van der Waals surface area contributed by atoms with E-state index in [2.05, 4.69) is 19.1 Å². The number of aromatic nitrogens is 1. The molecule has 0 aliphatic rings. The minimum absolute atomic E-state index is 0.105. The quantitative estimate of drug-likeness (QED) is 0.316. The molecule has 0 saturated carbocycles. The van der Waals surface area contributed by atoms with Crippen LogP contribution in [0.2, 0.25) is 0 Å². The van der Waals surface area contributed by atoms with Gasteiger partial charge in [-0.3, -0.25) is 10.8 Å². The van der Waals surface area contributed by atoms with Crippen LogP contribution in [0.5, 0.6) is 0 Å². The number of hydrogen-bond donors (Lipinski definition) is 4. The van der Waals surface area contributed by atoms with Gasteiger partial charge in [-0.15, -0.1) is 0 Å². The van der Waals surface area contributed by atoms with E-state index in [0.717, 1.165) is 32.9 Å². The molecule has 0 atom stereocenters. The summed E-state index contributed by atoms with van der Waals surface area (Å²) < 4.78 is 0. The fourth-order valence-electron chi connectivity index (χ4n) is 2.85. The number of nitrogens with zero attached hydrogens (tertiary/aromatic N) is 1. The van der Waals surface area contributed by atoms with Crippen LogP contribution in [-0.4, -0.2) is 15.3 Å². The second-order valence-electron chi connectivity index (χ2n) is 5.67. The van der Waals surface area contributed by atoms with Crippen molar-refractivity contribution in [2.45, 2.75) is 18.4 Å². The summed E-state index contributed by atoms with van der Waals surface area (Å²) in [6, 6.07) is 12.3. The molecule has 6 N–H and O–H groups in total. The van der Waals surface area contributed by atoms with Crippen LogP contribution in [0.25, 0.3) is 21.8 Å². The SMILES string of the molecule is Cc1c2cccc(CSC(=N)N)c2nc2c(CSC(=N)N)cccc12. The Kier molecular flexibility index (Phi) is 5.15. The third-order valence-corrected chi connectivity index (χ3v) is 5.57. The van der Waals surface area contributed by atoms with Crippen LogP contribution in [-0.2, 0) is 11.5 Å². The van der Waals surface area contributed by atoms with Gasteiger partial charge in [-0.2, -0.15) is 0 Å². The summed E-state index contributed by atoms with van der Waals surface area (Å²) in [5.41, 5.74) is 16.2. The van der Waals surface area contributed by atoms with Crippen molar-refractivity contribution in [3.63, 3.8) is 0 Å². The van der Waals surface area contributed by atoms with Crippen molar-refractivity contribution >= 4 is 55.7 Å². The summed E-state index contributed by atoms with van der Waals surface area (Å²) in [6.07, 6.45) is 0. The second-order valence-corrected chi connectivity index (χ2v) is 7.70. The van der Waals surface area contributed by atoms with Crippen molar-refractivity contribution in [3.8, 4) is 0 Å². The molecule has 2 aromatic carbocycles. The predicted molar refractivity (Wildman–Crippen MR) is 110 cm³/mol. The van der Waals surface area contributed by atoms with Gasteiger partial charge in [0.1, 0.15) is 0 Å². The number of thioether (sulfide) groups is 2. The average molecular weight is 370 g/mol. The van der Waals surface area contributed by atoms with Crippen LogP contribution in [0.3, 0.4) is 0 Å². The molecule has 1 heterocycles. The van der Waals surface area contributed by atoms with Crippen molar-refractivity contribution in [1.29, 1.82) is 10.8 Å². The van der Waals surface area contributed by atoms with Gasteiger partial charge < -0.3 is 11.5 Å². The summed E-state index contributed by atoms with van der Waals surface area (Å²) in [4.78, 5) is 4.95. The van der Waals surface area contributed by atoms with E-state index in [1.807, 2.05) is 24.3 Å². The maximum Gasteiger partial charge on any atom is 0.151 e. The van der Waals surface area contributed by atoms with Gasteiger partial charge in [0.25, 0.3) is 0 Å². The highest BCUT2D eigenvalue weighted by atomic mass is 32.2. The van der Waals surface area contributed by atoms with Gasteiger partial charge in [-0.25, -0.2) is 4.98 Å². The number of nitrogens with one attached hydrogen (secondary N) is 2. The maximum absolute atomic E-state index is 7.44. The van der Waals surface area contributed by atoms with E-state index < -0.39 is 0 Å². The lowest BCUT2D eigenvalue weighted by Gasteiger charge is -2.13. The summed E-state index contributed by atoms with van der Waals surface area (Å²) in [6.45, 7) is 2.11. The van der Waals surface area contributed by atoms with Crippen LogP contribution in [0, 0.1) is 17.7 Å². The Hall–Kier alpha value is -2.25. The zero-order valence-corrected chi connectivity index (χ0v) is 15.4. The lowest BCUT2D eigenvalue weighted by Crippen LogP contribution is -2.05. The fourth-order valence-corrected chi connectivity index (χ4v) is 3.94. The summed E-state index contributed by atoms with van der Waals surface area (Å²) >= 11 is 2.60. The second kappa shape index (κ2) is 7.33. The Morgan fingerprint density at radius 1 is 0.880 bits per heavy atom. The molecule has 3 rings (SSSR count). The largest absolute Gasteiger partial charge is 0.379 e. The van der Waals surface area contributed by atoms with Crippen molar-refractivity contribution in [2.75, 3.05) is 0 Å². The van der Waals surface area contributed by atoms with Gasteiger partial charge in [-0.1, -0.05) is 59.9 Å². The number of hydrogen-bond acceptors (Lipinski definition) is 5. The Labute approximate surface area is 154 Å². The van der Waals surface area contributed by atoms with E-state index in [4.69, 9.17) is 27.3 Å². The van der Waals surface area contributed by atoms with Crippen LogP contribution in [0.1, 0.15) is 16.7 Å². The minimum atomic E-state index is 0.105. The zero-order chi connectivity index (χ0) is 18.0. The molecule has 0 aliphatic carbocycles. The predicted octanol–water partition coefficient (Wildman–Crippen LogP) is 3.95. The van der Waals surface area contributed by atoms with Gasteiger partial charge in [0, 0.05) is 22.3 Å². The first kappa shape index (κ1) is 17.6. The molecule has 0 aliphatic heterocycles. The number of amidine groups is 2. The molecule has 0 unspecified atom stereocenters. The van der Waals surface area contributed by atoms with Crippen LogP contribution >= 0.6 is 23.5 Å². The first-order valence-corrected chi connectivity index (χ1v) is 9.68. The van der Waals surface area contributed by atoms with Gasteiger partial charge in [0.05, 0.1) is 11.0 Å². The fraction of sp³-hybridized carbons (Fsp3) is 0.167. The Bertz CT molecular complexity index is 908. The maximum atomic E-state index is 7.44. The van der Waals surface area contributed by atoms with E-state index in [9.17, 15) is 0 Å². The number of rotatable bonds is 4. The number of fused-ring (bicyclic) bond motifs is 2. The summed E-state index contributed by atoms with van der Waals surface area (Å²) in [5, 5.41) is 17.3. The smallest absolute Gasteiger partial charge is 0.151 e. The molecule has 7 heteroatoms. The highest BCUT2D eigenvalue weighted by molar-refractivity contribution is 8.13. The van der Waals surface area contributed by atoms with E-state index in [1.54, 1.807) is 0 Å². The van der Waals surface area contributed by atoms with Crippen molar-refractivity contribution in [2.24, 2.45) is 11.5 Å². The van der Waals surface area contributed by atoms with Crippen molar-refractivity contribution in [3.05, 3.63) is 53.1 Å². The van der Waals surface area contributed by atoms with Crippen LogP contribution < -0.4 is 11.5 Å². The van der Waals surface area contributed by atoms with Crippen LogP contribution in [0.15, 0.2) is 36.4 Å². The number of aryl methyl sites for hydroxylation is 1. The molecular formula is C18H19N5S2. The minimum Gasteiger partial charge on any atom is -0.379 e. The van der Waals surface area contributed by atoms with E-state index >= 15 is 0 Å². The normalized spacial score (nSPS) is 11.1. The van der Waals surface area contributed by atoms with Gasteiger partial charge in [0.2, 0.25) is 0 Å². The molecule has 0 radical (unpaired) electrons. The molecule has 25 heavy (non-hydrogen) atoms. The molecule has 0 spiro atoms. The first-order chi connectivity index (χ1) is 12.0. The number of pyridine rings is 1. The first-order valence-electron chi connectivity index (χ1n) is 7.71. The van der Waals surface area contributed by atoms with Crippen molar-refractivity contribution < 1.29 is 0 Å². The van der Waals surface area contributed by atoms with Gasteiger partial charge in [-0.05, 0) is 23.6 Å². The third-order valence-electron chi connectivity index (χ3n) is 4.04. The highest BCUT2D eigenvalue weighted by Gasteiger charge is 2.12. The molecule has 0 saturated heterocycles. The molecule has 3 aromatic rings. The number of para-hydroxylation sites is 2. The van der Waals surface area contributed by atoms with Crippen molar-refractivity contribution in [1.82, 2.24) is 4.98 Å². The molecule has 1 aromatic heterocycles. The monoisotopic (exact) mass is 369 g/mol. The Morgan fingerprint density at radius 3 is 1.72 bits per heavy atom. The van der Waals surface area contributed by atoms with E-state index in [0.29, 0.717) is 11.5 Å². The standard InChI is InChI=1S/C18H19N5S2/c1-10-13-6-2-4-11(8-24-17(19)20)15(13)23-16-12(9-25-18(21)22)5-3-7-14(10)16/h2-7H,8-9H2,1H3,(H3,19,20)(H3,21,22). The molecule has 0 amide bonds. The Balaban J connectivity index is 2.19. The lowest BCUT2D eigenvalue weighted by molar-refractivity contribution is 1.34. The van der Waals surface area contributed by atoms with Gasteiger partial charge in [0.15, 0.2) is 10.3 Å². The van der Waals surface area contributed by atoms with E-state index in [1.165, 1.54) is 29.1 Å². The zero-order valence-electron chi connectivity index (χ0n) is 13.8. The average Bonchev–Trinajstić information content (AvgIpc) is 2.58. The van der Waals surface area contributed by atoms with Crippen LogP contribution in [0.4, 0.5) is 0 Å². The lowest BCUT2D eigenvalue weighted by atomic mass is 10.00. The third kappa shape index (κ3) is 3.72. The molecule has 0 fully saturated rings. The number of benzene rings is 2. The summed E-state index contributed by atoms with van der Waals surface area (Å²) in [7, 11) is 0. The molecular weight excluding hydrogens is 350 g/mol. The molecule has 5 nitrogen and oxygen atoms in total. The summed E-state index contributed by atoms with van der Waals surface area (Å²) in [5.74, 6) is 1.24.